The molecule has 0 atom stereocenters. The number of aliphatic imine (C=N–C) groups is 1. The van der Waals surface area contributed by atoms with Gasteiger partial charge < -0.3 is 20.1 Å². The van der Waals surface area contributed by atoms with Gasteiger partial charge in [-0.05, 0) is 17.7 Å². The van der Waals surface area contributed by atoms with Crippen molar-refractivity contribution in [1.82, 2.24) is 4.90 Å². The maximum absolute atomic E-state index is 6.08. The highest BCUT2D eigenvalue weighted by atomic mass is 127. The smallest absolute Gasteiger partial charge is 0.191 e. The summed E-state index contributed by atoms with van der Waals surface area (Å²) in [7, 11) is 1.67. The van der Waals surface area contributed by atoms with E-state index in [9.17, 15) is 0 Å². The molecule has 6 heteroatoms. The first kappa shape index (κ1) is 19.0. The van der Waals surface area contributed by atoms with E-state index >= 15 is 0 Å². The minimum atomic E-state index is -0.0663. The summed E-state index contributed by atoms with van der Waals surface area (Å²) in [5, 5.41) is 0. The Morgan fingerprint density at radius 1 is 1.27 bits per heavy atom. The van der Waals surface area contributed by atoms with Gasteiger partial charge in [0, 0.05) is 18.5 Å². The average Bonchev–Trinajstić information content (AvgIpc) is 2.53. The van der Waals surface area contributed by atoms with Crippen molar-refractivity contribution in [1.29, 1.82) is 0 Å². The van der Waals surface area contributed by atoms with Crippen molar-refractivity contribution in [3.05, 3.63) is 29.8 Å². The van der Waals surface area contributed by atoms with Crippen LogP contribution < -0.4 is 10.5 Å². The number of nitrogens with two attached hydrogens (primary N) is 1. The van der Waals surface area contributed by atoms with Crippen LogP contribution in [0.25, 0.3) is 0 Å². The average molecular weight is 419 g/mol. The molecule has 0 aromatic heterocycles. The van der Waals surface area contributed by atoms with E-state index in [-0.39, 0.29) is 29.4 Å². The second kappa shape index (κ2) is 8.57. The highest BCUT2D eigenvalue weighted by molar-refractivity contribution is 14.0. The molecule has 0 aliphatic carbocycles. The summed E-state index contributed by atoms with van der Waals surface area (Å²) in [6.45, 7) is 8.07. The van der Waals surface area contributed by atoms with Crippen LogP contribution in [0.4, 0.5) is 0 Å². The van der Waals surface area contributed by atoms with E-state index in [0.29, 0.717) is 12.5 Å². The number of nitrogens with zero attached hydrogens (tertiary/aromatic N) is 2. The molecule has 1 aliphatic rings. The van der Waals surface area contributed by atoms with E-state index in [2.05, 4.69) is 35.9 Å². The van der Waals surface area contributed by atoms with Crippen LogP contribution in [0.1, 0.15) is 19.4 Å². The van der Waals surface area contributed by atoms with E-state index in [0.717, 1.165) is 32.1 Å². The first-order valence-corrected chi connectivity index (χ1v) is 7.30. The molecule has 0 saturated carbocycles. The number of morpholine rings is 1. The molecule has 1 aliphatic heterocycles. The van der Waals surface area contributed by atoms with Gasteiger partial charge >= 0.3 is 0 Å². The molecule has 2 N–H and O–H groups in total. The summed E-state index contributed by atoms with van der Waals surface area (Å²) in [6.07, 6.45) is 0. The summed E-state index contributed by atoms with van der Waals surface area (Å²) in [6, 6.07) is 8.12. The van der Waals surface area contributed by atoms with Crippen molar-refractivity contribution in [3.63, 3.8) is 0 Å². The number of guanidine groups is 1. The van der Waals surface area contributed by atoms with Crippen molar-refractivity contribution in [3.8, 4) is 5.75 Å². The molecule has 1 fully saturated rings. The van der Waals surface area contributed by atoms with Crippen molar-refractivity contribution in [2.45, 2.75) is 19.3 Å². The Labute approximate surface area is 149 Å². The molecule has 0 radical (unpaired) electrons. The molecule has 1 saturated heterocycles. The fourth-order valence-corrected chi connectivity index (χ4v) is 2.30. The Hall–Kier alpha value is -1.02. The van der Waals surface area contributed by atoms with Crippen molar-refractivity contribution < 1.29 is 9.47 Å². The van der Waals surface area contributed by atoms with Crippen molar-refractivity contribution in [2.75, 3.05) is 40.0 Å². The third-order valence-electron chi connectivity index (χ3n) is 3.84. The van der Waals surface area contributed by atoms with Gasteiger partial charge in [0.1, 0.15) is 5.75 Å². The SMILES string of the molecule is COc1ccc(C(C)(C)CN=C(N)N2CCOCC2)cc1.I. The van der Waals surface area contributed by atoms with Crippen LogP contribution in [0.15, 0.2) is 29.3 Å². The lowest BCUT2D eigenvalue weighted by molar-refractivity contribution is 0.0674. The Kier molecular flexibility index (Phi) is 7.41. The van der Waals surface area contributed by atoms with Crippen LogP contribution in [0.2, 0.25) is 0 Å². The zero-order valence-electron chi connectivity index (χ0n) is 13.5. The lowest BCUT2D eigenvalue weighted by Crippen LogP contribution is -2.45. The van der Waals surface area contributed by atoms with E-state index in [1.54, 1.807) is 7.11 Å². The first-order chi connectivity index (χ1) is 10.0. The number of hydrogen-bond acceptors (Lipinski definition) is 3. The number of halogens is 1. The second-order valence-electron chi connectivity index (χ2n) is 5.89. The van der Waals surface area contributed by atoms with Crippen molar-refractivity contribution >= 4 is 29.9 Å². The van der Waals surface area contributed by atoms with Crippen LogP contribution in [-0.4, -0.2) is 50.8 Å². The maximum atomic E-state index is 6.08. The summed E-state index contributed by atoms with van der Waals surface area (Å²) in [4.78, 5) is 6.65. The van der Waals surface area contributed by atoms with Gasteiger partial charge in [0.05, 0.1) is 26.9 Å². The van der Waals surface area contributed by atoms with Gasteiger partial charge in [-0.1, -0.05) is 26.0 Å². The summed E-state index contributed by atoms with van der Waals surface area (Å²) in [5.41, 5.74) is 7.24. The highest BCUT2D eigenvalue weighted by Gasteiger charge is 2.21. The molecule has 124 valence electrons. The van der Waals surface area contributed by atoms with Crippen LogP contribution in [-0.2, 0) is 10.2 Å². The predicted molar refractivity (Wildman–Crippen MR) is 100 cm³/mol. The molecular weight excluding hydrogens is 393 g/mol. The molecule has 0 spiro atoms. The molecular formula is C16H26IN3O2. The zero-order chi connectivity index (χ0) is 15.3. The summed E-state index contributed by atoms with van der Waals surface area (Å²) in [5.74, 6) is 1.48. The number of hydrogen-bond donors (Lipinski definition) is 1. The molecule has 5 nitrogen and oxygen atoms in total. The standard InChI is InChI=1S/C16H25N3O2.HI/c1-16(2,13-4-6-14(20-3)7-5-13)12-18-15(17)19-8-10-21-11-9-19;/h4-7H,8-12H2,1-3H3,(H2,17,18);1H. The van der Waals surface area contributed by atoms with Gasteiger partial charge in [0.25, 0.3) is 0 Å². The number of benzene rings is 1. The summed E-state index contributed by atoms with van der Waals surface area (Å²) < 4.78 is 10.5. The molecule has 1 heterocycles. The fraction of sp³-hybridized carbons (Fsp3) is 0.562. The minimum absolute atomic E-state index is 0. The normalized spacial score (nSPS) is 16.1. The predicted octanol–water partition coefficient (Wildman–Crippen LogP) is 2.24. The number of ether oxygens (including phenoxy) is 2. The van der Waals surface area contributed by atoms with Gasteiger partial charge in [-0.3, -0.25) is 4.99 Å². The van der Waals surface area contributed by atoms with Crippen LogP contribution in [0.3, 0.4) is 0 Å². The third-order valence-corrected chi connectivity index (χ3v) is 3.84. The van der Waals surface area contributed by atoms with Gasteiger partial charge in [-0.2, -0.15) is 0 Å². The molecule has 1 aromatic carbocycles. The summed E-state index contributed by atoms with van der Waals surface area (Å²) >= 11 is 0. The lowest BCUT2D eigenvalue weighted by Gasteiger charge is -2.29. The van der Waals surface area contributed by atoms with Crippen LogP contribution in [0, 0.1) is 0 Å². The Balaban J connectivity index is 0.00000242. The largest absolute Gasteiger partial charge is 0.497 e. The molecule has 22 heavy (non-hydrogen) atoms. The number of methoxy groups -OCH3 is 1. The van der Waals surface area contributed by atoms with Gasteiger partial charge in [-0.15, -0.1) is 24.0 Å². The van der Waals surface area contributed by atoms with Crippen LogP contribution >= 0.6 is 24.0 Å². The Morgan fingerprint density at radius 2 is 1.86 bits per heavy atom. The second-order valence-corrected chi connectivity index (χ2v) is 5.89. The lowest BCUT2D eigenvalue weighted by atomic mass is 9.85. The molecule has 0 unspecified atom stereocenters. The third kappa shape index (κ3) is 5.01. The molecule has 1 aromatic rings. The monoisotopic (exact) mass is 419 g/mol. The van der Waals surface area contributed by atoms with Gasteiger partial charge in [-0.25, -0.2) is 0 Å². The quantitative estimate of drug-likeness (QED) is 0.462. The zero-order valence-corrected chi connectivity index (χ0v) is 15.9. The Morgan fingerprint density at radius 3 is 2.41 bits per heavy atom. The van der Waals surface area contributed by atoms with E-state index in [1.165, 1.54) is 5.56 Å². The van der Waals surface area contributed by atoms with E-state index in [4.69, 9.17) is 15.2 Å². The van der Waals surface area contributed by atoms with E-state index in [1.807, 2.05) is 12.1 Å². The van der Waals surface area contributed by atoms with E-state index < -0.39 is 0 Å². The fourth-order valence-electron chi connectivity index (χ4n) is 2.30. The van der Waals surface area contributed by atoms with Gasteiger partial charge in [0.15, 0.2) is 5.96 Å². The Bertz CT molecular complexity index is 483. The number of rotatable bonds is 4. The molecule has 0 amide bonds. The topological polar surface area (TPSA) is 60.1 Å². The van der Waals surface area contributed by atoms with Gasteiger partial charge in [0.2, 0.25) is 0 Å². The molecule has 2 rings (SSSR count). The highest BCUT2D eigenvalue weighted by Crippen LogP contribution is 2.25. The first-order valence-electron chi connectivity index (χ1n) is 7.30. The molecule has 0 bridgehead atoms. The van der Waals surface area contributed by atoms with Crippen LogP contribution in [0.5, 0.6) is 5.75 Å². The minimum Gasteiger partial charge on any atom is -0.497 e. The van der Waals surface area contributed by atoms with Crippen molar-refractivity contribution in [2.24, 2.45) is 10.7 Å². The maximum Gasteiger partial charge on any atom is 0.191 e.